The molecule has 2 rings (SSSR count). The number of piperazine rings is 1. The van der Waals surface area contributed by atoms with E-state index in [0.29, 0.717) is 5.56 Å². The summed E-state index contributed by atoms with van der Waals surface area (Å²) in [6, 6.07) is 7.88. The molecular formula is C17H28N4O. The number of nitrogens with one attached hydrogen (secondary N) is 2. The van der Waals surface area contributed by atoms with Gasteiger partial charge in [0.2, 0.25) is 0 Å². The number of carbonyl (C=O) groups is 1. The number of anilines is 1. The number of hydrogen-bond donors (Lipinski definition) is 2. The minimum atomic E-state index is -0.0681. The van der Waals surface area contributed by atoms with Gasteiger partial charge in [-0.3, -0.25) is 10.2 Å². The third-order valence-electron chi connectivity index (χ3n) is 4.11. The molecule has 1 aliphatic heterocycles. The summed E-state index contributed by atoms with van der Waals surface area (Å²) in [4.78, 5) is 16.7. The van der Waals surface area contributed by atoms with Crippen molar-refractivity contribution < 1.29 is 4.79 Å². The van der Waals surface area contributed by atoms with Crippen LogP contribution in [0.3, 0.4) is 0 Å². The SMILES string of the molecule is CCCCCNNC(=O)c1ccc(N2CCN(C)CC2)cc1. The Morgan fingerprint density at radius 3 is 2.41 bits per heavy atom. The minimum Gasteiger partial charge on any atom is -0.369 e. The second kappa shape index (κ2) is 8.76. The van der Waals surface area contributed by atoms with E-state index in [1.807, 2.05) is 24.3 Å². The highest BCUT2D eigenvalue weighted by Gasteiger charge is 2.14. The summed E-state index contributed by atoms with van der Waals surface area (Å²) in [5.41, 5.74) is 7.63. The van der Waals surface area contributed by atoms with Crippen LogP contribution in [0.4, 0.5) is 5.69 Å². The first-order valence-corrected chi connectivity index (χ1v) is 8.27. The van der Waals surface area contributed by atoms with E-state index in [-0.39, 0.29) is 5.91 Å². The molecule has 0 aliphatic carbocycles. The first kappa shape index (κ1) is 16.8. The molecule has 2 N–H and O–H groups in total. The summed E-state index contributed by atoms with van der Waals surface area (Å²) >= 11 is 0. The Kier molecular flexibility index (Phi) is 6.68. The van der Waals surface area contributed by atoms with E-state index in [1.54, 1.807) is 0 Å². The van der Waals surface area contributed by atoms with Crippen LogP contribution < -0.4 is 15.8 Å². The average Bonchev–Trinajstić information content (AvgIpc) is 2.55. The third kappa shape index (κ3) is 5.00. The molecule has 122 valence electrons. The van der Waals surface area contributed by atoms with Gasteiger partial charge in [0.15, 0.2) is 0 Å². The number of amides is 1. The van der Waals surface area contributed by atoms with Gasteiger partial charge in [-0.2, -0.15) is 0 Å². The van der Waals surface area contributed by atoms with Crippen molar-refractivity contribution in [3.05, 3.63) is 29.8 Å². The van der Waals surface area contributed by atoms with Crippen molar-refractivity contribution in [3.63, 3.8) is 0 Å². The zero-order chi connectivity index (χ0) is 15.8. The Morgan fingerprint density at radius 1 is 1.09 bits per heavy atom. The maximum atomic E-state index is 12.0. The highest BCUT2D eigenvalue weighted by molar-refractivity contribution is 5.94. The number of nitrogens with zero attached hydrogens (tertiary/aromatic N) is 2. The van der Waals surface area contributed by atoms with Gasteiger partial charge in [0.05, 0.1) is 0 Å². The van der Waals surface area contributed by atoms with E-state index in [9.17, 15) is 4.79 Å². The molecule has 1 aliphatic rings. The highest BCUT2D eigenvalue weighted by atomic mass is 16.2. The van der Waals surface area contributed by atoms with E-state index in [4.69, 9.17) is 0 Å². The monoisotopic (exact) mass is 304 g/mol. The second-order valence-corrected chi connectivity index (χ2v) is 5.93. The van der Waals surface area contributed by atoms with Crippen molar-refractivity contribution in [2.24, 2.45) is 0 Å². The van der Waals surface area contributed by atoms with Crippen LogP contribution in [0.1, 0.15) is 36.5 Å². The first-order valence-electron chi connectivity index (χ1n) is 8.27. The van der Waals surface area contributed by atoms with Crippen LogP contribution in [0.5, 0.6) is 0 Å². The largest absolute Gasteiger partial charge is 0.369 e. The van der Waals surface area contributed by atoms with Crippen molar-refractivity contribution in [2.75, 3.05) is 44.7 Å². The van der Waals surface area contributed by atoms with Crippen molar-refractivity contribution >= 4 is 11.6 Å². The molecule has 0 saturated carbocycles. The Morgan fingerprint density at radius 2 is 1.77 bits per heavy atom. The molecule has 0 unspecified atom stereocenters. The van der Waals surface area contributed by atoms with Gasteiger partial charge in [0.25, 0.3) is 5.91 Å². The summed E-state index contributed by atoms with van der Waals surface area (Å²) < 4.78 is 0. The van der Waals surface area contributed by atoms with E-state index in [2.05, 4.69) is 34.6 Å². The molecule has 0 bridgehead atoms. The van der Waals surface area contributed by atoms with E-state index < -0.39 is 0 Å². The number of hydrazine groups is 1. The van der Waals surface area contributed by atoms with Crippen LogP contribution in [-0.2, 0) is 0 Å². The van der Waals surface area contributed by atoms with Crippen LogP contribution in [0.25, 0.3) is 0 Å². The van der Waals surface area contributed by atoms with Gasteiger partial charge in [-0.05, 0) is 37.7 Å². The zero-order valence-corrected chi connectivity index (χ0v) is 13.8. The van der Waals surface area contributed by atoms with E-state index >= 15 is 0 Å². The zero-order valence-electron chi connectivity index (χ0n) is 13.8. The van der Waals surface area contributed by atoms with Gasteiger partial charge in [-0.1, -0.05) is 19.8 Å². The fourth-order valence-corrected chi connectivity index (χ4v) is 2.57. The molecule has 1 aromatic rings. The van der Waals surface area contributed by atoms with Gasteiger partial charge in [0.1, 0.15) is 0 Å². The number of carbonyl (C=O) groups excluding carboxylic acids is 1. The smallest absolute Gasteiger partial charge is 0.265 e. The lowest BCUT2D eigenvalue weighted by atomic mass is 10.1. The van der Waals surface area contributed by atoms with Crippen molar-refractivity contribution in [2.45, 2.75) is 26.2 Å². The summed E-state index contributed by atoms with van der Waals surface area (Å²) in [5.74, 6) is -0.0681. The molecule has 1 heterocycles. The lowest BCUT2D eigenvalue weighted by Crippen LogP contribution is -2.44. The Hall–Kier alpha value is -1.59. The number of rotatable bonds is 7. The molecule has 22 heavy (non-hydrogen) atoms. The van der Waals surface area contributed by atoms with Gasteiger partial charge in [-0.25, -0.2) is 5.43 Å². The third-order valence-corrected chi connectivity index (χ3v) is 4.11. The molecule has 1 amide bonds. The maximum Gasteiger partial charge on any atom is 0.265 e. The van der Waals surface area contributed by atoms with Crippen molar-refractivity contribution in [3.8, 4) is 0 Å². The van der Waals surface area contributed by atoms with E-state index in [1.165, 1.54) is 18.5 Å². The summed E-state index contributed by atoms with van der Waals surface area (Å²) in [6.45, 7) is 7.25. The predicted octanol–water partition coefficient (Wildman–Crippen LogP) is 1.86. The summed E-state index contributed by atoms with van der Waals surface area (Å²) in [6.07, 6.45) is 3.45. The highest BCUT2D eigenvalue weighted by Crippen LogP contribution is 2.16. The van der Waals surface area contributed by atoms with Gasteiger partial charge in [-0.15, -0.1) is 0 Å². The molecule has 0 radical (unpaired) electrons. The van der Waals surface area contributed by atoms with Crippen molar-refractivity contribution in [1.29, 1.82) is 0 Å². The van der Waals surface area contributed by atoms with E-state index in [0.717, 1.165) is 39.1 Å². The normalized spacial score (nSPS) is 15.8. The minimum absolute atomic E-state index is 0.0681. The molecule has 0 spiro atoms. The Balaban J connectivity index is 1.79. The van der Waals surface area contributed by atoms with Crippen LogP contribution in [0.2, 0.25) is 0 Å². The maximum absolute atomic E-state index is 12.0. The molecule has 5 nitrogen and oxygen atoms in total. The number of unbranched alkanes of at least 4 members (excludes halogenated alkanes) is 2. The van der Waals surface area contributed by atoms with Gasteiger partial charge < -0.3 is 9.80 Å². The summed E-state index contributed by atoms with van der Waals surface area (Å²) in [5, 5.41) is 0. The number of hydrogen-bond acceptors (Lipinski definition) is 4. The van der Waals surface area contributed by atoms with Gasteiger partial charge >= 0.3 is 0 Å². The fourth-order valence-electron chi connectivity index (χ4n) is 2.57. The van der Waals surface area contributed by atoms with Gasteiger partial charge in [0, 0.05) is 44.0 Å². The molecule has 1 saturated heterocycles. The molecule has 1 fully saturated rings. The standard InChI is InChI=1S/C17H28N4O/c1-3-4-5-10-18-19-17(22)15-6-8-16(9-7-15)21-13-11-20(2)12-14-21/h6-9,18H,3-5,10-14H2,1-2H3,(H,19,22). The van der Waals surface area contributed by atoms with Crippen LogP contribution in [0.15, 0.2) is 24.3 Å². The first-order chi connectivity index (χ1) is 10.7. The van der Waals surface area contributed by atoms with Crippen LogP contribution >= 0.6 is 0 Å². The molecular weight excluding hydrogens is 276 g/mol. The fraction of sp³-hybridized carbons (Fsp3) is 0.588. The topological polar surface area (TPSA) is 47.6 Å². The predicted molar refractivity (Wildman–Crippen MR) is 91.1 cm³/mol. The molecule has 1 aromatic carbocycles. The molecule has 0 aromatic heterocycles. The van der Waals surface area contributed by atoms with Crippen LogP contribution in [0, 0.1) is 0 Å². The second-order valence-electron chi connectivity index (χ2n) is 5.93. The molecule has 5 heteroatoms. The summed E-state index contributed by atoms with van der Waals surface area (Å²) in [7, 11) is 2.15. The quantitative estimate of drug-likeness (QED) is 0.596. The average molecular weight is 304 g/mol. The number of likely N-dealkylation sites (N-methyl/N-ethyl adjacent to an activating group) is 1. The van der Waals surface area contributed by atoms with Crippen LogP contribution in [-0.4, -0.2) is 50.6 Å². The Labute approximate surface area is 133 Å². The number of benzene rings is 1. The molecule has 0 atom stereocenters. The lowest BCUT2D eigenvalue weighted by Gasteiger charge is -2.34. The lowest BCUT2D eigenvalue weighted by molar-refractivity contribution is 0.0933. The Bertz CT molecular complexity index is 452. The van der Waals surface area contributed by atoms with Crippen molar-refractivity contribution in [1.82, 2.24) is 15.8 Å².